The zero-order chi connectivity index (χ0) is 15.8. The van der Waals surface area contributed by atoms with Crippen molar-refractivity contribution in [1.82, 2.24) is 19.9 Å². The first-order chi connectivity index (χ1) is 11.2. The molecule has 1 aliphatic heterocycles. The van der Waals surface area contributed by atoms with Gasteiger partial charge >= 0.3 is 0 Å². The first-order valence-electron chi connectivity index (χ1n) is 7.56. The van der Waals surface area contributed by atoms with Crippen molar-refractivity contribution in [2.45, 2.75) is 18.9 Å². The molecule has 0 aliphatic carbocycles. The Morgan fingerprint density at radius 1 is 1.26 bits per heavy atom. The van der Waals surface area contributed by atoms with Crippen LogP contribution in [0.3, 0.4) is 0 Å². The number of hydrogen-bond donors (Lipinski definition) is 2. The molecule has 23 heavy (non-hydrogen) atoms. The summed E-state index contributed by atoms with van der Waals surface area (Å²) in [5, 5.41) is 0. The third kappa shape index (κ3) is 2.30. The maximum absolute atomic E-state index is 11.7. The second-order valence-electron chi connectivity index (χ2n) is 5.59. The topological polar surface area (TPSA) is 101 Å². The van der Waals surface area contributed by atoms with Crippen LogP contribution in [0.4, 0.5) is 5.82 Å². The number of imidazole rings is 1. The van der Waals surface area contributed by atoms with E-state index in [0.717, 1.165) is 30.5 Å². The Bertz CT molecular complexity index is 859. The smallest absolute Gasteiger partial charge is 0.240 e. The van der Waals surface area contributed by atoms with Crippen molar-refractivity contribution in [3.05, 3.63) is 36.7 Å². The van der Waals surface area contributed by atoms with Crippen LogP contribution in [0.5, 0.6) is 0 Å². The fourth-order valence-corrected chi connectivity index (χ4v) is 3.06. The number of carbonyl (C=O) groups is 1. The number of anilines is 1. The number of aromatic nitrogens is 4. The van der Waals surface area contributed by atoms with Gasteiger partial charge in [0.25, 0.3) is 0 Å². The molecule has 0 saturated carbocycles. The highest BCUT2D eigenvalue weighted by atomic mass is 16.1. The first kappa shape index (κ1) is 13.7. The molecular weight excluding hydrogens is 292 g/mol. The summed E-state index contributed by atoms with van der Waals surface area (Å²) in [6.07, 6.45) is 3.25. The van der Waals surface area contributed by atoms with Crippen molar-refractivity contribution in [2.24, 2.45) is 5.73 Å². The molecule has 3 aromatic rings. The van der Waals surface area contributed by atoms with Gasteiger partial charge in [-0.2, -0.15) is 0 Å². The number of nitrogens with two attached hydrogens (primary N) is 1. The molecule has 7 heteroatoms. The van der Waals surface area contributed by atoms with Gasteiger partial charge in [0.1, 0.15) is 11.6 Å². The highest BCUT2D eigenvalue weighted by molar-refractivity contribution is 5.90. The number of hydrogen-bond acceptors (Lipinski definition) is 5. The normalized spacial score (nSPS) is 17.7. The predicted molar refractivity (Wildman–Crippen MR) is 86.7 cm³/mol. The zero-order valence-electron chi connectivity index (χ0n) is 12.4. The van der Waals surface area contributed by atoms with Gasteiger partial charge in [-0.1, -0.05) is 30.3 Å². The minimum atomic E-state index is -0.333. The van der Waals surface area contributed by atoms with Gasteiger partial charge in [-0.3, -0.25) is 4.79 Å². The molecule has 0 bridgehead atoms. The van der Waals surface area contributed by atoms with Crippen LogP contribution in [0.1, 0.15) is 12.8 Å². The number of amides is 1. The van der Waals surface area contributed by atoms with Gasteiger partial charge in [0.15, 0.2) is 17.3 Å². The molecule has 0 spiro atoms. The van der Waals surface area contributed by atoms with E-state index in [9.17, 15) is 4.79 Å². The summed E-state index contributed by atoms with van der Waals surface area (Å²) in [4.78, 5) is 30.2. The van der Waals surface area contributed by atoms with Crippen molar-refractivity contribution in [2.75, 3.05) is 11.4 Å². The minimum absolute atomic E-state index is 0.324. The highest BCUT2D eigenvalue weighted by Crippen LogP contribution is 2.30. The van der Waals surface area contributed by atoms with Crippen molar-refractivity contribution in [3.8, 4) is 11.4 Å². The van der Waals surface area contributed by atoms with Gasteiger partial charge in [0, 0.05) is 12.1 Å². The number of rotatable bonds is 3. The zero-order valence-corrected chi connectivity index (χ0v) is 12.4. The monoisotopic (exact) mass is 308 g/mol. The summed E-state index contributed by atoms with van der Waals surface area (Å²) in [7, 11) is 0. The molecule has 1 atom stereocenters. The van der Waals surface area contributed by atoms with Crippen molar-refractivity contribution in [1.29, 1.82) is 0 Å². The number of nitrogens with zero attached hydrogens (tertiary/aromatic N) is 4. The summed E-state index contributed by atoms with van der Waals surface area (Å²) in [6, 6.07) is 9.39. The number of nitrogens with one attached hydrogen (secondary N) is 1. The number of fused-ring (bicyclic) bond motifs is 1. The van der Waals surface area contributed by atoms with Crippen LogP contribution < -0.4 is 10.6 Å². The summed E-state index contributed by atoms with van der Waals surface area (Å²) < 4.78 is 0. The molecule has 1 fully saturated rings. The predicted octanol–water partition coefficient (Wildman–Crippen LogP) is 1.47. The van der Waals surface area contributed by atoms with Crippen LogP contribution in [-0.4, -0.2) is 38.4 Å². The molecule has 1 saturated heterocycles. The summed E-state index contributed by atoms with van der Waals surface area (Å²) in [5.41, 5.74) is 7.78. The minimum Gasteiger partial charge on any atom is -0.368 e. The second kappa shape index (κ2) is 5.35. The summed E-state index contributed by atoms with van der Waals surface area (Å²) in [6.45, 7) is 0.743. The van der Waals surface area contributed by atoms with E-state index >= 15 is 0 Å². The van der Waals surface area contributed by atoms with E-state index in [2.05, 4.69) is 15.0 Å². The van der Waals surface area contributed by atoms with E-state index in [1.165, 1.54) is 0 Å². The number of primary amides is 1. The van der Waals surface area contributed by atoms with Crippen LogP contribution in [0, 0.1) is 0 Å². The average Bonchev–Trinajstić information content (AvgIpc) is 3.23. The molecule has 2 aromatic heterocycles. The largest absolute Gasteiger partial charge is 0.368 e. The number of carbonyl (C=O) groups excluding carboxylic acids is 1. The molecule has 116 valence electrons. The van der Waals surface area contributed by atoms with Crippen LogP contribution >= 0.6 is 0 Å². The Morgan fingerprint density at radius 3 is 2.87 bits per heavy atom. The molecule has 7 nitrogen and oxygen atoms in total. The third-order valence-corrected chi connectivity index (χ3v) is 4.15. The molecule has 0 unspecified atom stereocenters. The summed E-state index contributed by atoms with van der Waals surface area (Å²) >= 11 is 0. The standard InChI is InChI=1S/C16H16N6O/c17-13(23)11-7-4-8-22(11)16-12-15(19-9-18-12)20-14(21-16)10-5-2-1-3-6-10/h1-3,5-6,9,11H,4,7-8H2,(H2,17,23)(H,18,19,20,21)/t11-/m1/s1. The molecule has 0 radical (unpaired) electrons. The lowest BCUT2D eigenvalue weighted by molar-refractivity contribution is -0.119. The fraction of sp³-hybridized carbons (Fsp3) is 0.250. The van der Waals surface area contributed by atoms with Gasteiger partial charge in [-0.25, -0.2) is 15.0 Å². The van der Waals surface area contributed by atoms with Crippen molar-refractivity contribution in [3.63, 3.8) is 0 Å². The van der Waals surface area contributed by atoms with Gasteiger partial charge in [-0.15, -0.1) is 0 Å². The Kier molecular flexibility index (Phi) is 3.18. The lowest BCUT2D eigenvalue weighted by Crippen LogP contribution is -2.41. The van der Waals surface area contributed by atoms with Crippen LogP contribution in [0.25, 0.3) is 22.6 Å². The van der Waals surface area contributed by atoms with E-state index in [0.29, 0.717) is 17.3 Å². The number of aromatic amines is 1. The van der Waals surface area contributed by atoms with Crippen molar-refractivity contribution < 1.29 is 4.79 Å². The van der Waals surface area contributed by atoms with Gasteiger partial charge in [0.2, 0.25) is 5.91 Å². The SMILES string of the molecule is NC(=O)[C@H]1CCCN1c1nc(-c2ccccc2)nc2nc[nH]c12. The molecule has 3 heterocycles. The lowest BCUT2D eigenvalue weighted by atomic mass is 10.2. The van der Waals surface area contributed by atoms with Gasteiger partial charge < -0.3 is 15.6 Å². The van der Waals surface area contributed by atoms with E-state index in [1.807, 2.05) is 35.2 Å². The van der Waals surface area contributed by atoms with Crippen LogP contribution in [0.15, 0.2) is 36.7 Å². The Hall–Kier alpha value is -2.96. The molecule has 3 N–H and O–H groups in total. The van der Waals surface area contributed by atoms with Crippen molar-refractivity contribution >= 4 is 22.9 Å². The van der Waals surface area contributed by atoms with Crippen LogP contribution in [-0.2, 0) is 4.79 Å². The van der Waals surface area contributed by atoms with E-state index in [-0.39, 0.29) is 11.9 Å². The Morgan fingerprint density at radius 2 is 2.09 bits per heavy atom. The maximum Gasteiger partial charge on any atom is 0.240 e. The number of benzene rings is 1. The van der Waals surface area contributed by atoms with E-state index < -0.39 is 0 Å². The fourth-order valence-electron chi connectivity index (χ4n) is 3.06. The average molecular weight is 308 g/mol. The highest BCUT2D eigenvalue weighted by Gasteiger charge is 2.32. The Balaban J connectivity index is 1.88. The van der Waals surface area contributed by atoms with Gasteiger partial charge in [0.05, 0.1) is 6.33 Å². The molecule has 1 aliphatic rings. The third-order valence-electron chi connectivity index (χ3n) is 4.15. The maximum atomic E-state index is 11.7. The van der Waals surface area contributed by atoms with E-state index in [4.69, 9.17) is 10.7 Å². The first-order valence-corrected chi connectivity index (χ1v) is 7.56. The van der Waals surface area contributed by atoms with Gasteiger partial charge in [-0.05, 0) is 12.8 Å². The molecule has 1 aromatic carbocycles. The molecular formula is C16H16N6O. The molecule has 4 rings (SSSR count). The summed E-state index contributed by atoms with van der Waals surface area (Å²) in [5.74, 6) is 0.956. The molecule has 1 amide bonds. The van der Waals surface area contributed by atoms with E-state index in [1.54, 1.807) is 6.33 Å². The quantitative estimate of drug-likeness (QED) is 0.763. The Labute approximate surface area is 132 Å². The van der Waals surface area contributed by atoms with Crippen LogP contribution in [0.2, 0.25) is 0 Å². The second-order valence-corrected chi connectivity index (χ2v) is 5.59. The lowest BCUT2D eigenvalue weighted by Gasteiger charge is -2.23. The number of H-pyrrole nitrogens is 1.